The van der Waals surface area contributed by atoms with Crippen LogP contribution in [0.5, 0.6) is 5.75 Å². The predicted octanol–water partition coefficient (Wildman–Crippen LogP) is 2.75. The smallest absolute Gasteiger partial charge is 0.172 e. The molecular formula is C12H10ClN5OS. The van der Waals surface area contributed by atoms with E-state index in [1.165, 1.54) is 18.1 Å². The zero-order valence-corrected chi connectivity index (χ0v) is 12.0. The fourth-order valence-electron chi connectivity index (χ4n) is 1.67. The van der Waals surface area contributed by atoms with Gasteiger partial charge in [0, 0.05) is 6.07 Å². The zero-order chi connectivity index (χ0) is 14.1. The number of nitrogen functional groups attached to an aromatic ring is 1. The Labute approximate surface area is 123 Å². The number of aromatic nitrogens is 4. The Morgan fingerprint density at radius 3 is 3.00 bits per heavy atom. The summed E-state index contributed by atoms with van der Waals surface area (Å²) in [5.41, 5.74) is 7.36. The summed E-state index contributed by atoms with van der Waals surface area (Å²) in [6.45, 7) is 0. The largest absolute Gasteiger partial charge is 0.497 e. The molecule has 8 heteroatoms. The maximum atomic E-state index is 6.06. The highest BCUT2D eigenvalue weighted by atomic mass is 35.5. The highest BCUT2D eigenvalue weighted by molar-refractivity contribution is 7.99. The van der Waals surface area contributed by atoms with E-state index in [0.29, 0.717) is 15.2 Å². The molecule has 0 aliphatic rings. The number of halogens is 1. The van der Waals surface area contributed by atoms with Crippen molar-refractivity contribution in [1.29, 1.82) is 0 Å². The van der Waals surface area contributed by atoms with Gasteiger partial charge in [-0.15, -0.1) is 0 Å². The van der Waals surface area contributed by atoms with Gasteiger partial charge in [-0.1, -0.05) is 11.6 Å². The van der Waals surface area contributed by atoms with Gasteiger partial charge < -0.3 is 15.5 Å². The Hall–Kier alpha value is -1.99. The molecule has 0 saturated carbocycles. The molecule has 0 aliphatic carbocycles. The molecule has 3 rings (SSSR count). The number of anilines is 1. The minimum Gasteiger partial charge on any atom is -0.497 e. The summed E-state index contributed by atoms with van der Waals surface area (Å²) in [5.74, 6) is 1.02. The van der Waals surface area contributed by atoms with E-state index >= 15 is 0 Å². The number of fused-ring (bicyclic) bond motifs is 1. The van der Waals surface area contributed by atoms with Crippen molar-refractivity contribution in [3.05, 3.63) is 29.5 Å². The van der Waals surface area contributed by atoms with Crippen molar-refractivity contribution in [2.75, 3.05) is 12.8 Å². The molecule has 6 nitrogen and oxygen atoms in total. The van der Waals surface area contributed by atoms with Crippen LogP contribution in [0.2, 0.25) is 5.02 Å². The highest BCUT2D eigenvalue weighted by Crippen LogP contribution is 2.33. The van der Waals surface area contributed by atoms with Gasteiger partial charge in [-0.25, -0.2) is 15.0 Å². The SMILES string of the molecule is COc1ccc2nc(Sc3ncnc(N)c3Cl)[nH]c2c1. The number of hydrogen-bond donors (Lipinski definition) is 2. The third kappa shape index (κ3) is 2.37. The van der Waals surface area contributed by atoms with Gasteiger partial charge in [0.1, 0.15) is 27.9 Å². The number of imidazole rings is 1. The fraction of sp³-hybridized carbons (Fsp3) is 0.0833. The summed E-state index contributed by atoms with van der Waals surface area (Å²) >= 11 is 7.35. The lowest BCUT2D eigenvalue weighted by Gasteiger charge is -2.01. The maximum Gasteiger partial charge on any atom is 0.172 e. The van der Waals surface area contributed by atoms with Crippen molar-refractivity contribution < 1.29 is 4.74 Å². The lowest BCUT2D eigenvalue weighted by molar-refractivity contribution is 0.415. The summed E-state index contributed by atoms with van der Waals surface area (Å²) in [6, 6.07) is 5.61. The van der Waals surface area contributed by atoms with Crippen LogP contribution < -0.4 is 10.5 Å². The van der Waals surface area contributed by atoms with Crippen LogP contribution in [0, 0.1) is 0 Å². The number of nitrogens with two attached hydrogens (primary N) is 1. The van der Waals surface area contributed by atoms with E-state index in [-0.39, 0.29) is 5.82 Å². The molecular weight excluding hydrogens is 298 g/mol. The first-order valence-corrected chi connectivity index (χ1v) is 6.84. The minimum absolute atomic E-state index is 0.252. The van der Waals surface area contributed by atoms with Gasteiger partial charge in [0.25, 0.3) is 0 Å². The first-order chi connectivity index (χ1) is 9.67. The second-order valence-corrected chi connectivity index (χ2v) is 5.26. The van der Waals surface area contributed by atoms with Gasteiger partial charge in [-0.2, -0.15) is 0 Å². The van der Waals surface area contributed by atoms with Gasteiger partial charge in [0.15, 0.2) is 5.16 Å². The average molecular weight is 308 g/mol. The number of benzene rings is 1. The molecule has 0 radical (unpaired) electrons. The van der Waals surface area contributed by atoms with Gasteiger partial charge in [0.2, 0.25) is 0 Å². The molecule has 0 saturated heterocycles. The summed E-state index contributed by atoms with van der Waals surface area (Å²) in [7, 11) is 1.62. The molecule has 0 atom stereocenters. The van der Waals surface area contributed by atoms with E-state index in [1.807, 2.05) is 18.2 Å². The second-order valence-electron chi connectivity index (χ2n) is 3.91. The average Bonchev–Trinajstić information content (AvgIpc) is 2.85. The molecule has 0 spiro atoms. The van der Waals surface area contributed by atoms with Gasteiger partial charge in [0.05, 0.1) is 18.1 Å². The van der Waals surface area contributed by atoms with Crippen molar-refractivity contribution in [2.24, 2.45) is 0 Å². The Morgan fingerprint density at radius 1 is 1.35 bits per heavy atom. The first kappa shape index (κ1) is 13.0. The fourth-order valence-corrected chi connectivity index (χ4v) is 2.67. The zero-order valence-electron chi connectivity index (χ0n) is 10.4. The molecule has 3 aromatic rings. The quantitative estimate of drug-likeness (QED) is 0.723. The number of methoxy groups -OCH3 is 1. The molecule has 0 amide bonds. The number of nitrogens with one attached hydrogen (secondary N) is 1. The summed E-state index contributed by atoms with van der Waals surface area (Å²) in [6.07, 6.45) is 1.37. The standard InChI is InChI=1S/C12H10ClN5OS/c1-19-6-2-3-7-8(4-6)18-12(17-7)20-11-9(13)10(14)15-5-16-11/h2-5H,1H3,(H,17,18)(H2,14,15,16). The van der Waals surface area contributed by atoms with Crippen LogP contribution in [-0.2, 0) is 0 Å². The number of ether oxygens (including phenoxy) is 1. The van der Waals surface area contributed by atoms with Crippen LogP contribution in [0.25, 0.3) is 11.0 Å². The van der Waals surface area contributed by atoms with Gasteiger partial charge >= 0.3 is 0 Å². The van der Waals surface area contributed by atoms with Gasteiger partial charge in [-0.05, 0) is 23.9 Å². The van der Waals surface area contributed by atoms with E-state index in [2.05, 4.69) is 19.9 Å². The Balaban J connectivity index is 1.96. The van der Waals surface area contributed by atoms with E-state index in [0.717, 1.165) is 16.8 Å². The molecule has 0 bridgehead atoms. The molecule has 1 aromatic carbocycles. The van der Waals surface area contributed by atoms with Crippen LogP contribution >= 0.6 is 23.4 Å². The summed E-state index contributed by atoms with van der Waals surface area (Å²) < 4.78 is 5.17. The van der Waals surface area contributed by atoms with Crippen LogP contribution in [0.1, 0.15) is 0 Å². The summed E-state index contributed by atoms with van der Waals surface area (Å²) in [4.78, 5) is 15.5. The minimum atomic E-state index is 0.252. The van der Waals surface area contributed by atoms with E-state index in [1.54, 1.807) is 7.11 Å². The van der Waals surface area contributed by atoms with E-state index < -0.39 is 0 Å². The van der Waals surface area contributed by atoms with Crippen LogP contribution in [-0.4, -0.2) is 27.0 Å². The third-order valence-corrected chi connectivity index (χ3v) is 4.02. The number of nitrogens with zero attached hydrogens (tertiary/aromatic N) is 3. The lowest BCUT2D eigenvalue weighted by Crippen LogP contribution is -1.94. The van der Waals surface area contributed by atoms with Crippen LogP contribution in [0.3, 0.4) is 0 Å². The van der Waals surface area contributed by atoms with E-state index in [9.17, 15) is 0 Å². The Morgan fingerprint density at radius 2 is 2.20 bits per heavy atom. The molecule has 0 unspecified atom stereocenters. The predicted molar refractivity (Wildman–Crippen MR) is 78.2 cm³/mol. The topological polar surface area (TPSA) is 89.7 Å². The summed E-state index contributed by atoms with van der Waals surface area (Å²) in [5, 5.41) is 1.56. The maximum absolute atomic E-state index is 6.06. The molecule has 0 aliphatic heterocycles. The monoisotopic (exact) mass is 307 g/mol. The van der Waals surface area contributed by atoms with Gasteiger partial charge in [-0.3, -0.25) is 0 Å². The first-order valence-electron chi connectivity index (χ1n) is 5.65. The normalized spacial score (nSPS) is 10.9. The molecule has 2 aromatic heterocycles. The number of H-pyrrole nitrogens is 1. The Kier molecular flexibility index (Phi) is 3.37. The van der Waals surface area contributed by atoms with Crippen molar-refractivity contribution in [3.8, 4) is 5.75 Å². The molecule has 2 heterocycles. The van der Waals surface area contributed by atoms with Crippen molar-refractivity contribution in [1.82, 2.24) is 19.9 Å². The van der Waals surface area contributed by atoms with Crippen LogP contribution in [0.15, 0.2) is 34.7 Å². The molecule has 0 fully saturated rings. The number of rotatable bonds is 3. The second kappa shape index (κ2) is 5.18. The molecule has 3 N–H and O–H groups in total. The van der Waals surface area contributed by atoms with Crippen molar-refractivity contribution in [2.45, 2.75) is 10.2 Å². The Bertz CT molecular complexity index is 776. The van der Waals surface area contributed by atoms with Crippen molar-refractivity contribution >= 4 is 40.2 Å². The van der Waals surface area contributed by atoms with Crippen molar-refractivity contribution in [3.63, 3.8) is 0 Å². The third-order valence-electron chi connectivity index (χ3n) is 2.65. The molecule has 102 valence electrons. The van der Waals surface area contributed by atoms with Crippen LogP contribution in [0.4, 0.5) is 5.82 Å². The lowest BCUT2D eigenvalue weighted by atomic mass is 10.3. The highest BCUT2D eigenvalue weighted by Gasteiger charge is 2.11. The number of aromatic amines is 1. The van der Waals surface area contributed by atoms with E-state index in [4.69, 9.17) is 22.1 Å². The molecule has 20 heavy (non-hydrogen) atoms. The number of hydrogen-bond acceptors (Lipinski definition) is 6.